The minimum absolute atomic E-state index is 0.00489. The van der Waals surface area contributed by atoms with Gasteiger partial charge >= 0.3 is 0 Å². The van der Waals surface area contributed by atoms with Gasteiger partial charge in [-0.15, -0.1) is 0 Å². The number of hydrogen-bond donors (Lipinski definition) is 0. The van der Waals surface area contributed by atoms with E-state index in [9.17, 15) is 4.79 Å². The molecule has 0 spiro atoms. The minimum atomic E-state index is -0.00489. The Morgan fingerprint density at radius 3 is 2.67 bits per heavy atom. The van der Waals surface area contributed by atoms with Crippen LogP contribution in [-0.2, 0) is 13.0 Å². The van der Waals surface area contributed by atoms with Crippen LogP contribution < -0.4 is 9.47 Å². The van der Waals surface area contributed by atoms with E-state index in [2.05, 4.69) is 31.4 Å². The molecule has 0 saturated heterocycles. The lowest BCUT2D eigenvalue weighted by Crippen LogP contribution is -2.31. The van der Waals surface area contributed by atoms with Crippen LogP contribution in [0.15, 0.2) is 36.4 Å². The number of ether oxygens (including phenoxy) is 2. The number of thioether (sulfide) groups is 1. The molecular weight excluding hydrogens is 358 g/mol. The molecule has 2 aromatic rings. The van der Waals surface area contributed by atoms with Gasteiger partial charge in [-0.05, 0) is 48.4 Å². The van der Waals surface area contributed by atoms with Gasteiger partial charge in [0.15, 0.2) is 11.5 Å². The van der Waals surface area contributed by atoms with Gasteiger partial charge in [-0.1, -0.05) is 31.2 Å². The first-order chi connectivity index (χ1) is 13.1. The summed E-state index contributed by atoms with van der Waals surface area (Å²) in [7, 11) is 1.64. The summed E-state index contributed by atoms with van der Waals surface area (Å²) in [5.41, 5.74) is 4.23. The lowest BCUT2D eigenvalue weighted by molar-refractivity contribution is 0.0718. The second kappa shape index (κ2) is 8.70. The van der Waals surface area contributed by atoms with E-state index in [1.54, 1.807) is 18.9 Å². The van der Waals surface area contributed by atoms with Crippen molar-refractivity contribution in [2.24, 2.45) is 0 Å². The standard InChI is InChI=1S/C22H27NO3S/c1-5-15-8-7-9-17-13-23(22(24)21(15)17)18(14-27-4)16-10-11-19(25-3)20(12-16)26-6-2/h7-12,18H,5-6,13-14H2,1-4H3/t18-/m1/s1. The summed E-state index contributed by atoms with van der Waals surface area (Å²) in [6.45, 7) is 5.28. The van der Waals surface area contributed by atoms with Crippen molar-refractivity contribution in [3.8, 4) is 11.5 Å². The lowest BCUT2D eigenvalue weighted by atomic mass is 10.0. The third kappa shape index (κ3) is 3.79. The quantitative estimate of drug-likeness (QED) is 0.659. The van der Waals surface area contributed by atoms with Gasteiger partial charge in [0.25, 0.3) is 5.91 Å². The van der Waals surface area contributed by atoms with Crippen molar-refractivity contribution in [1.29, 1.82) is 0 Å². The molecule has 1 aliphatic heterocycles. The van der Waals surface area contributed by atoms with Gasteiger partial charge in [0.05, 0.1) is 19.8 Å². The molecule has 0 fully saturated rings. The van der Waals surface area contributed by atoms with Crippen molar-refractivity contribution in [3.63, 3.8) is 0 Å². The van der Waals surface area contributed by atoms with E-state index in [1.807, 2.05) is 30.0 Å². The SMILES string of the molecule is CCOc1cc([C@@H](CSC)N2Cc3cccc(CC)c3C2=O)ccc1OC. The third-order valence-corrected chi connectivity index (χ3v) is 5.66. The Morgan fingerprint density at radius 1 is 1.19 bits per heavy atom. The van der Waals surface area contributed by atoms with Gasteiger partial charge in [0.1, 0.15) is 0 Å². The van der Waals surface area contributed by atoms with Gasteiger partial charge < -0.3 is 14.4 Å². The third-order valence-electron chi connectivity index (χ3n) is 5.01. The van der Waals surface area contributed by atoms with Crippen molar-refractivity contribution in [2.75, 3.05) is 25.7 Å². The Labute approximate surface area is 165 Å². The summed E-state index contributed by atoms with van der Waals surface area (Å²) < 4.78 is 11.2. The Bertz CT molecular complexity index is 821. The van der Waals surface area contributed by atoms with Crippen LogP contribution in [0.3, 0.4) is 0 Å². The van der Waals surface area contributed by atoms with Crippen molar-refractivity contribution in [2.45, 2.75) is 32.9 Å². The van der Waals surface area contributed by atoms with Crippen LogP contribution >= 0.6 is 11.8 Å². The molecule has 1 atom stereocenters. The van der Waals surface area contributed by atoms with Crippen LogP contribution in [0.2, 0.25) is 0 Å². The molecule has 3 rings (SSSR count). The van der Waals surface area contributed by atoms with Gasteiger partial charge in [-0.3, -0.25) is 4.79 Å². The maximum absolute atomic E-state index is 13.3. The molecule has 2 aromatic carbocycles. The zero-order valence-electron chi connectivity index (χ0n) is 16.5. The van der Waals surface area contributed by atoms with Gasteiger partial charge in [-0.2, -0.15) is 11.8 Å². The molecule has 0 aromatic heterocycles. The first kappa shape index (κ1) is 19.6. The van der Waals surface area contributed by atoms with E-state index in [-0.39, 0.29) is 11.9 Å². The number of carbonyl (C=O) groups is 1. The van der Waals surface area contributed by atoms with E-state index in [4.69, 9.17) is 9.47 Å². The van der Waals surface area contributed by atoms with Crippen molar-refractivity contribution >= 4 is 17.7 Å². The number of carbonyl (C=O) groups excluding carboxylic acids is 1. The van der Waals surface area contributed by atoms with Crippen molar-refractivity contribution in [3.05, 3.63) is 58.7 Å². The average Bonchev–Trinajstić information content (AvgIpc) is 3.03. The van der Waals surface area contributed by atoms with Crippen LogP contribution in [0.4, 0.5) is 0 Å². The summed E-state index contributed by atoms with van der Waals surface area (Å²) >= 11 is 1.75. The first-order valence-electron chi connectivity index (χ1n) is 9.35. The molecule has 0 radical (unpaired) electrons. The second-order valence-electron chi connectivity index (χ2n) is 6.55. The first-order valence-corrected chi connectivity index (χ1v) is 10.7. The van der Waals surface area contributed by atoms with Gasteiger partial charge in [-0.25, -0.2) is 0 Å². The fourth-order valence-electron chi connectivity index (χ4n) is 3.70. The van der Waals surface area contributed by atoms with Crippen LogP contribution in [0.5, 0.6) is 11.5 Å². The van der Waals surface area contributed by atoms with E-state index >= 15 is 0 Å². The van der Waals surface area contributed by atoms with Crippen molar-refractivity contribution in [1.82, 2.24) is 4.90 Å². The number of fused-ring (bicyclic) bond motifs is 1. The highest BCUT2D eigenvalue weighted by atomic mass is 32.2. The summed E-state index contributed by atoms with van der Waals surface area (Å²) in [6, 6.07) is 12.2. The molecule has 27 heavy (non-hydrogen) atoms. The molecule has 0 bridgehead atoms. The highest BCUT2D eigenvalue weighted by Crippen LogP contribution is 2.38. The smallest absolute Gasteiger partial charge is 0.255 e. The number of methoxy groups -OCH3 is 1. The highest BCUT2D eigenvalue weighted by Gasteiger charge is 2.34. The molecule has 0 aliphatic carbocycles. The Morgan fingerprint density at radius 2 is 2.00 bits per heavy atom. The predicted octanol–water partition coefficient (Wildman–Crippen LogP) is 4.72. The Balaban J connectivity index is 1.98. The number of amides is 1. The Kier molecular flexibility index (Phi) is 6.32. The summed E-state index contributed by atoms with van der Waals surface area (Å²) in [6.07, 6.45) is 2.94. The number of aryl methyl sites for hydroxylation is 1. The topological polar surface area (TPSA) is 38.8 Å². The van der Waals surface area contributed by atoms with Gasteiger partial charge in [0.2, 0.25) is 0 Å². The molecule has 5 heteroatoms. The molecule has 1 heterocycles. The van der Waals surface area contributed by atoms with E-state index in [0.29, 0.717) is 18.9 Å². The normalized spacial score (nSPS) is 14.2. The van der Waals surface area contributed by atoms with Crippen LogP contribution in [-0.4, -0.2) is 36.5 Å². The van der Waals surface area contributed by atoms with Crippen LogP contribution in [0.1, 0.15) is 46.9 Å². The number of hydrogen-bond acceptors (Lipinski definition) is 4. The average molecular weight is 386 g/mol. The minimum Gasteiger partial charge on any atom is -0.493 e. The zero-order valence-corrected chi connectivity index (χ0v) is 17.3. The van der Waals surface area contributed by atoms with Crippen molar-refractivity contribution < 1.29 is 14.3 Å². The Hall–Kier alpha value is -2.14. The fraction of sp³-hybridized carbons (Fsp3) is 0.409. The molecule has 0 unspecified atom stereocenters. The lowest BCUT2D eigenvalue weighted by Gasteiger charge is -2.28. The maximum Gasteiger partial charge on any atom is 0.255 e. The number of benzene rings is 2. The zero-order chi connectivity index (χ0) is 19.4. The molecule has 1 amide bonds. The summed E-state index contributed by atoms with van der Waals surface area (Å²) in [5.74, 6) is 2.41. The molecular formula is C22H27NO3S. The predicted molar refractivity (Wildman–Crippen MR) is 111 cm³/mol. The van der Waals surface area contributed by atoms with E-state index in [0.717, 1.165) is 40.2 Å². The fourth-order valence-corrected chi connectivity index (χ4v) is 4.39. The van der Waals surface area contributed by atoms with Crippen LogP contribution in [0.25, 0.3) is 0 Å². The molecule has 4 nitrogen and oxygen atoms in total. The monoisotopic (exact) mass is 385 g/mol. The molecule has 0 saturated carbocycles. The van der Waals surface area contributed by atoms with E-state index < -0.39 is 0 Å². The highest BCUT2D eigenvalue weighted by molar-refractivity contribution is 7.98. The molecule has 144 valence electrons. The summed E-state index contributed by atoms with van der Waals surface area (Å²) in [4.78, 5) is 15.3. The summed E-state index contributed by atoms with van der Waals surface area (Å²) in [5, 5.41) is 0. The molecule has 0 N–H and O–H groups in total. The largest absolute Gasteiger partial charge is 0.493 e. The molecule has 1 aliphatic rings. The maximum atomic E-state index is 13.3. The number of nitrogens with zero attached hydrogens (tertiary/aromatic N) is 1. The van der Waals surface area contributed by atoms with Gasteiger partial charge in [0, 0.05) is 17.9 Å². The van der Waals surface area contributed by atoms with Crippen LogP contribution in [0, 0.1) is 0 Å². The number of rotatable bonds is 8. The van der Waals surface area contributed by atoms with E-state index in [1.165, 1.54) is 0 Å². The second-order valence-corrected chi connectivity index (χ2v) is 7.46.